The number of imidazole rings is 1. The zero-order chi connectivity index (χ0) is 25.6. The van der Waals surface area contributed by atoms with Crippen molar-refractivity contribution in [1.82, 2.24) is 19.9 Å². The van der Waals surface area contributed by atoms with Gasteiger partial charge in [-0.3, -0.25) is 9.78 Å². The average Bonchev–Trinajstić information content (AvgIpc) is 3.29. The van der Waals surface area contributed by atoms with Crippen LogP contribution in [0.15, 0.2) is 96.4 Å². The number of hydrogen-bond donors (Lipinski definition) is 1. The van der Waals surface area contributed by atoms with Gasteiger partial charge in [-0.25, -0.2) is 4.98 Å². The molecule has 0 saturated heterocycles. The number of amides is 1. The molecule has 2 heterocycles. The van der Waals surface area contributed by atoms with E-state index in [1.54, 1.807) is 25.1 Å². The number of ether oxygens (including phenoxy) is 1. The van der Waals surface area contributed by atoms with Gasteiger partial charge in [0, 0.05) is 29.1 Å². The van der Waals surface area contributed by atoms with Crippen molar-refractivity contribution in [2.75, 3.05) is 7.11 Å². The molecule has 37 heavy (non-hydrogen) atoms. The quantitative estimate of drug-likeness (QED) is 0.225. The van der Waals surface area contributed by atoms with E-state index in [1.165, 1.54) is 0 Å². The molecular weight excluding hydrogens is 504 g/mol. The van der Waals surface area contributed by atoms with Crippen LogP contribution in [0.25, 0.3) is 11.0 Å². The van der Waals surface area contributed by atoms with Crippen molar-refractivity contribution >= 4 is 40.3 Å². The van der Waals surface area contributed by atoms with Crippen LogP contribution >= 0.6 is 23.4 Å². The van der Waals surface area contributed by atoms with Crippen LogP contribution in [-0.4, -0.2) is 27.6 Å². The van der Waals surface area contributed by atoms with Gasteiger partial charge in [-0.2, -0.15) is 0 Å². The zero-order valence-electron chi connectivity index (χ0n) is 20.2. The minimum atomic E-state index is -0.123. The number of fused-ring (bicyclic) bond motifs is 1. The Bertz CT molecular complexity index is 1540. The lowest BCUT2D eigenvalue weighted by atomic mass is 10.1. The summed E-state index contributed by atoms with van der Waals surface area (Å²) in [6.45, 7) is 1.04. The molecule has 0 fully saturated rings. The minimum absolute atomic E-state index is 0.123. The van der Waals surface area contributed by atoms with E-state index >= 15 is 0 Å². The summed E-state index contributed by atoms with van der Waals surface area (Å²) in [6.07, 6.45) is 3.59. The topological polar surface area (TPSA) is 69.0 Å². The van der Waals surface area contributed by atoms with Gasteiger partial charge in [0.1, 0.15) is 5.75 Å². The molecule has 0 bridgehead atoms. The van der Waals surface area contributed by atoms with Crippen LogP contribution in [0.2, 0.25) is 5.02 Å². The van der Waals surface area contributed by atoms with Gasteiger partial charge in [-0.05, 0) is 53.1 Å². The number of hydrogen-bond acceptors (Lipinski definition) is 5. The van der Waals surface area contributed by atoms with E-state index in [0.29, 0.717) is 24.4 Å². The first-order valence-electron chi connectivity index (χ1n) is 11.8. The number of halogens is 1. The van der Waals surface area contributed by atoms with Crippen LogP contribution in [0.5, 0.6) is 5.75 Å². The largest absolute Gasteiger partial charge is 0.497 e. The molecule has 1 amide bonds. The van der Waals surface area contributed by atoms with Gasteiger partial charge >= 0.3 is 0 Å². The summed E-state index contributed by atoms with van der Waals surface area (Å²) in [5.41, 5.74) is 5.57. The molecule has 0 atom stereocenters. The third-order valence-corrected chi connectivity index (χ3v) is 7.37. The van der Waals surface area contributed by atoms with Crippen molar-refractivity contribution in [3.8, 4) is 5.75 Å². The Hall–Kier alpha value is -3.81. The third-order valence-electron chi connectivity index (χ3n) is 5.97. The van der Waals surface area contributed by atoms with Crippen molar-refractivity contribution in [1.29, 1.82) is 0 Å². The first kappa shape index (κ1) is 24.9. The highest BCUT2D eigenvalue weighted by atomic mass is 35.5. The number of nitrogens with one attached hydrogen (secondary N) is 1. The van der Waals surface area contributed by atoms with E-state index < -0.39 is 0 Å². The van der Waals surface area contributed by atoms with Crippen LogP contribution in [0.4, 0.5) is 0 Å². The molecule has 2 aromatic heterocycles. The van der Waals surface area contributed by atoms with Crippen LogP contribution in [0.3, 0.4) is 0 Å². The highest BCUT2D eigenvalue weighted by molar-refractivity contribution is 7.98. The molecule has 5 rings (SSSR count). The number of carbonyl (C=O) groups excluding carboxylic acids is 1. The van der Waals surface area contributed by atoms with Crippen LogP contribution < -0.4 is 10.1 Å². The highest BCUT2D eigenvalue weighted by Crippen LogP contribution is 2.29. The van der Waals surface area contributed by atoms with Gasteiger partial charge in [0.05, 0.1) is 30.9 Å². The Kier molecular flexibility index (Phi) is 7.73. The fourth-order valence-corrected chi connectivity index (χ4v) is 5.28. The van der Waals surface area contributed by atoms with E-state index in [-0.39, 0.29) is 5.91 Å². The summed E-state index contributed by atoms with van der Waals surface area (Å²) in [5, 5.41) is 4.61. The summed E-state index contributed by atoms with van der Waals surface area (Å²) in [5.74, 6) is 1.35. The molecule has 0 radical (unpaired) electrons. The fourth-order valence-electron chi connectivity index (χ4n) is 3.98. The first-order valence-corrected chi connectivity index (χ1v) is 13.1. The molecule has 0 saturated carbocycles. The predicted molar refractivity (Wildman–Crippen MR) is 148 cm³/mol. The Labute approximate surface area is 224 Å². The van der Waals surface area contributed by atoms with Crippen molar-refractivity contribution in [3.63, 3.8) is 0 Å². The molecular formula is C29H25ClN4O2S. The SMILES string of the molecule is COc1cccc(CNC(=O)c2ccc(Cn3c(SCc4ccccc4Cl)nc4ccncc43)cc2)c1. The van der Waals surface area contributed by atoms with Gasteiger partial charge in [-0.15, -0.1) is 0 Å². The van der Waals surface area contributed by atoms with E-state index in [9.17, 15) is 4.79 Å². The van der Waals surface area contributed by atoms with Crippen molar-refractivity contribution in [3.05, 3.63) is 119 Å². The van der Waals surface area contributed by atoms with E-state index in [0.717, 1.165) is 43.7 Å². The molecule has 0 aliphatic carbocycles. The van der Waals surface area contributed by atoms with Gasteiger partial charge in [0.2, 0.25) is 0 Å². The summed E-state index contributed by atoms with van der Waals surface area (Å²) in [7, 11) is 1.63. The maximum atomic E-state index is 12.7. The van der Waals surface area contributed by atoms with Crippen molar-refractivity contribution in [2.24, 2.45) is 0 Å². The first-order chi connectivity index (χ1) is 18.1. The molecule has 1 N–H and O–H groups in total. The van der Waals surface area contributed by atoms with Gasteiger partial charge in [0.25, 0.3) is 5.91 Å². The molecule has 5 aromatic rings. The fraction of sp³-hybridized carbons (Fsp3) is 0.138. The molecule has 186 valence electrons. The lowest BCUT2D eigenvalue weighted by Gasteiger charge is -2.11. The Morgan fingerprint density at radius 2 is 1.86 bits per heavy atom. The molecule has 6 nitrogen and oxygen atoms in total. The number of thioether (sulfide) groups is 1. The van der Waals surface area contributed by atoms with Crippen LogP contribution in [-0.2, 0) is 18.8 Å². The van der Waals surface area contributed by atoms with E-state index in [2.05, 4.69) is 14.9 Å². The van der Waals surface area contributed by atoms with Gasteiger partial charge in [0.15, 0.2) is 5.16 Å². The normalized spacial score (nSPS) is 11.0. The molecule has 0 aliphatic rings. The van der Waals surface area contributed by atoms with Crippen LogP contribution in [0, 0.1) is 0 Å². The zero-order valence-corrected chi connectivity index (χ0v) is 21.8. The average molecular weight is 529 g/mol. The monoisotopic (exact) mass is 528 g/mol. The van der Waals surface area contributed by atoms with E-state index in [4.69, 9.17) is 21.3 Å². The molecule has 0 aliphatic heterocycles. The Morgan fingerprint density at radius 1 is 1.03 bits per heavy atom. The summed E-state index contributed by atoms with van der Waals surface area (Å²) in [6, 6.07) is 25.1. The Morgan fingerprint density at radius 3 is 2.68 bits per heavy atom. The number of methoxy groups -OCH3 is 1. The van der Waals surface area contributed by atoms with Crippen molar-refractivity contribution < 1.29 is 9.53 Å². The van der Waals surface area contributed by atoms with Crippen molar-refractivity contribution in [2.45, 2.75) is 24.0 Å². The second kappa shape index (κ2) is 11.5. The van der Waals surface area contributed by atoms with Gasteiger partial charge in [-0.1, -0.05) is 65.8 Å². The van der Waals surface area contributed by atoms with Gasteiger partial charge < -0.3 is 14.6 Å². The molecule has 3 aromatic carbocycles. The summed E-state index contributed by atoms with van der Waals surface area (Å²) in [4.78, 5) is 21.8. The number of pyridine rings is 1. The summed E-state index contributed by atoms with van der Waals surface area (Å²) < 4.78 is 7.40. The summed E-state index contributed by atoms with van der Waals surface area (Å²) >= 11 is 8.00. The maximum absolute atomic E-state index is 12.7. The standard InChI is InChI=1S/C29H25ClN4O2S/c1-36-24-7-4-5-21(15-24)16-32-28(35)22-11-9-20(10-12-22)18-34-27-17-31-14-13-26(27)33-29(34)37-19-23-6-2-3-8-25(23)30/h2-15,17H,16,18-19H2,1H3,(H,32,35). The second-order valence-corrected chi connectivity index (χ2v) is 9.81. The second-order valence-electron chi connectivity index (χ2n) is 8.46. The number of carbonyl (C=O) groups is 1. The molecule has 0 spiro atoms. The number of aromatic nitrogens is 3. The van der Waals surface area contributed by atoms with Crippen LogP contribution in [0.1, 0.15) is 27.0 Å². The molecule has 0 unspecified atom stereocenters. The number of rotatable bonds is 9. The highest BCUT2D eigenvalue weighted by Gasteiger charge is 2.14. The third kappa shape index (κ3) is 5.96. The number of nitrogens with zero attached hydrogens (tertiary/aromatic N) is 3. The maximum Gasteiger partial charge on any atom is 0.251 e. The lowest BCUT2D eigenvalue weighted by Crippen LogP contribution is -2.22. The van der Waals surface area contributed by atoms with E-state index in [1.807, 2.05) is 85.1 Å². The molecule has 8 heteroatoms. The number of benzene rings is 3. The Balaban J connectivity index is 1.29. The smallest absolute Gasteiger partial charge is 0.251 e. The predicted octanol–water partition coefficient (Wildman–Crippen LogP) is 6.36. The minimum Gasteiger partial charge on any atom is -0.497 e. The lowest BCUT2D eigenvalue weighted by molar-refractivity contribution is 0.0951.